The molecule has 4 aliphatic rings. The number of likely N-dealkylation sites (tertiary alicyclic amines) is 4. The number of thiophene rings is 4. The number of rotatable bonds is 19. The number of hydrogen-bond donors (Lipinski definition) is 4. The van der Waals surface area contributed by atoms with Gasteiger partial charge in [-0.05, 0) is 164 Å². The summed E-state index contributed by atoms with van der Waals surface area (Å²) < 4.78 is 325. The lowest BCUT2D eigenvalue weighted by Gasteiger charge is -2.32. The van der Waals surface area contributed by atoms with Crippen LogP contribution in [0.25, 0.3) is 40.9 Å². The Labute approximate surface area is 701 Å². The van der Waals surface area contributed by atoms with Crippen molar-refractivity contribution in [3.63, 3.8) is 0 Å². The van der Waals surface area contributed by atoms with Crippen LogP contribution in [0.2, 0.25) is 9.98 Å². The molecule has 0 spiro atoms. The first-order valence-electron chi connectivity index (χ1n) is 48.3. The number of piperidine rings is 4. The molecular formula is C82H89ClF7N17S4. The summed E-state index contributed by atoms with van der Waals surface area (Å²) in [5, 5.41) is 13.4. The van der Waals surface area contributed by atoms with Crippen molar-refractivity contribution >= 4 is 121 Å². The Kier molecular flexibility index (Phi) is 17.7. The van der Waals surface area contributed by atoms with Crippen LogP contribution in [0, 0.1) is 52.1 Å². The number of fused-ring (bicyclic) bond motifs is 4. The van der Waals surface area contributed by atoms with Crippen molar-refractivity contribution < 1.29 is 67.9 Å². The Morgan fingerprint density at radius 2 is 0.802 bits per heavy atom. The maximum Gasteiger partial charge on any atom is 0.162 e. The standard InChI is InChI=1S/3C21H24F2N4S.C19H17ClFN5S/c3*1-13(2)19-10-18-20(24-12-25-21(18)28-19)26-17-3-5-27(6-4-17)11-14-7-15(22)9-16(23)8-14;20-17-8-15-18(23-11-24-19(15)27-17)25-14-3-5-26(6-4-14)10-12-1-2-13(9-22)16(21)7-12/h3*7-10,12-13,17H,3-6,11H2,1-2H3,(H,24,25,26);1-2,7-8,11,14H,3-6,10H2,(H,23,24,25)/i7D,8D,9D,10D,11D2,12D,13D,17D;10D,11D2,12D,13D,17D;10D,11D2,13D,17D;8D,10D,14D/hD4. The fourth-order valence-corrected chi connectivity index (χ4v) is 15.4. The molecule has 12 aromatic rings. The first-order chi connectivity index (χ1) is 64.0. The van der Waals surface area contributed by atoms with E-state index in [0.29, 0.717) is 70.7 Å². The first kappa shape index (κ1) is 52.6. The molecule has 4 N–H and O–H groups in total. The van der Waals surface area contributed by atoms with Gasteiger partial charge in [-0.2, -0.15) is 5.26 Å². The number of nitrogens with zero attached hydrogens (tertiary/aromatic N) is 13. The smallest absolute Gasteiger partial charge is 0.162 e. The highest BCUT2D eigenvalue weighted by molar-refractivity contribution is 7.22. The molecule has 1 atom stereocenters. The number of hydrogen-bond acceptors (Lipinski definition) is 21. The molecule has 582 valence electrons. The Bertz CT molecular complexity index is 6590. The van der Waals surface area contributed by atoms with E-state index in [1.807, 2.05) is 0 Å². The topological polar surface area (TPSA) is 188 Å². The predicted octanol–water partition coefficient (Wildman–Crippen LogP) is 19.9. The summed E-state index contributed by atoms with van der Waals surface area (Å²) >= 11 is 10.5. The maximum absolute atomic E-state index is 14.2. The average Bonchev–Trinajstić information content (AvgIpc) is 1.16. The van der Waals surface area contributed by atoms with E-state index in [-0.39, 0.29) is 181 Å². The second kappa shape index (κ2) is 37.3. The van der Waals surface area contributed by atoms with Crippen molar-refractivity contribution in [2.24, 2.45) is 0 Å². The van der Waals surface area contributed by atoms with Crippen molar-refractivity contribution in [1.29, 1.82) is 5.26 Å². The minimum atomic E-state index is -2.68. The molecule has 12 heterocycles. The normalized spacial score (nSPS) is 21.6. The highest BCUT2D eigenvalue weighted by Crippen LogP contribution is 2.38. The molecule has 0 radical (unpaired) electrons. The Morgan fingerprint density at radius 1 is 0.450 bits per heavy atom. The van der Waals surface area contributed by atoms with E-state index in [1.165, 1.54) is 45.9 Å². The minimum absolute atomic E-state index is 0.000895. The molecule has 17 nitrogen and oxygen atoms in total. The van der Waals surface area contributed by atoms with Gasteiger partial charge in [0.2, 0.25) is 0 Å². The maximum atomic E-state index is 14.2. The third kappa shape index (κ3) is 21.8. The molecule has 16 rings (SSSR count). The zero-order valence-corrected chi connectivity index (χ0v) is 64.5. The largest absolute Gasteiger partial charge is 0.367 e. The van der Waals surface area contributed by atoms with Gasteiger partial charge in [-0.25, -0.2) is 70.6 Å². The van der Waals surface area contributed by atoms with Crippen LogP contribution in [-0.2, 0) is 26.0 Å². The van der Waals surface area contributed by atoms with Gasteiger partial charge in [-0.15, -0.1) is 45.3 Å². The van der Waals surface area contributed by atoms with E-state index < -0.39 is 138 Å². The fraction of sp³-hybridized carbons (Fsp3) is 0.402. The Hall–Kier alpha value is -8.63. The molecule has 4 saturated heterocycles. The van der Waals surface area contributed by atoms with Crippen LogP contribution >= 0.6 is 56.9 Å². The van der Waals surface area contributed by atoms with Crippen LogP contribution in [-0.4, -0.2) is 136 Å². The number of halogens is 8. The second-order valence-corrected chi connectivity index (χ2v) is 30.9. The summed E-state index contributed by atoms with van der Waals surface area (Å²) in [6, 6.07) is 1.58. The third-order valence-electron chi connectivity index (χ3n) is 17.3. The molecule has 0 saturated carbocycles. The molecule has 111 heavy (non-hydrogen) atoms. The summed E-state index contributed by atoms with van der Waals surface area (Å²) in [6.07, 6.45) is 2.08. The highest BCUT2D eigenvalue weighted by Gasteiger charge is 2.27. The Morgan fingerprint density at radius 3 is 1.18 bits per heavy atom. The first-order valence-corrected chi connectivity index (χ1v) is 38.5. The van der Waals surface area contributed by atoms with E-state index in [0.717, 1.165) is 84.4 Å². The van der Waals surface area contributed by atoms with E-state index in [1.54, 1.807) is 58.6 Å². The van der Waals surface area contributed by atoms with Gasteiger partial charge < -0.3 is 21.2 Å². The summed E-state index contributed by atoms with van der Waals surface area (Å²) in [5.41, 5.74) is -0.814. The zero-order valence-electron chi connectivity index (χ0n) is 87.5. The van der Waals surface area contributed by atoms with Crippen molar-refractivity contribution in [1.82, 2.24) is 59.5 Å². The molecule has 4 fully saturated rings. The van der Waals surface area contributed by atoms with Gasteiger partial charge in [0.15, 0.2) is 5.65 Å². The summed E-state index contributed by atoms with van der Waals surface area (Å²) in [6.45, 7) is 2.41. The number of benzene rings is 4. The SMILES string of the molecule is [2H]c1c(C([2H])(C)C)sc2ncnc(N([2H])C3([2H])CCN(C([2H])([2H])c4cc(F)cc(F)c4)CC3)c12.[2H]c1c(Cl)sc2ncnc(N([2H])C3([2H])CCN(C([2H])c4ccc(C#N)c(F)c4)CC3)c12.[2H]c1nc(N([2H])C2([2H])CCN(C([2H])([2H])c3c([2H])c(F)c([2H])c(F)c3[2H])CC2)c2c([2H])c(C([2H])(C)C)sc2n1.[2H]c1nc(N([2H])C2([2H])CCN(C([2H])([2H])c3cc(F)cc(F)c3)CC2)c2c([2H])c(C([2H])(C)C)sc2n1. The van der Waals surface area contributed by atoms with Crippen molar-refractivity contribution in [2.45, 2.75) is 161 Å². The van der Waals surface area contributed by atoms with Crippen molar-refractivity contribution in [3.05, 3.63) is 210 Å². The molecule has 0 aliphatic carbocycles. The van der Waals surface area contributed by atoms with E-state index >= 15 is 0 Å². The molecule has 1 unspecified atom stereocenters. The number of aromatic nitrogens is 8. The Balaban J connectivity index is 0.000000156. The van der Waals surface area contributed by atoms with Gasteiger partial charge >= 0.3 is 0 Å². The molecule has 0 amide bonds. The van der Waals surface area contributed by atoms with Crippen LogP contribution in [0.5, 0.6) is 0 Å². The van der Waals surface area contributed by atoms with Gasteiger partial charge in [0.05, 0.1) is 46.5 Å². The quantitative estimate of drug-likeness (QED) is 0.0559. The minimum Gasteiger partial charge on any atom is -0.367 e. The van der Waals surface area contributed by atoms with Crippen LogP contribution in [0.1, 0.15) is 185 Å². The molecule has 4 aliphatic heterocycles. The van der Waals surface area contributed by atoms with Crippen LogP contribution < -0.4 is 21.2 Å². The average molecular weight is 1640 g/mol. The van der Waals surface area contributed by atoms with E-state index in [2.05, 4.69) is 39.9 Å². The van der Waals surface area contributed by atoms with Crippen LogP contribution in [0.4, 0.5) is 54.0 Å². The molecule has 29 heteroatoms. The lowest BCUT2D eigenvalue weighted by Crippen LogP contribution is -2.38. The van der Waals surface area contributed by atoms with Gasteiger partial charge in [-0.1, -0.05) is 59.2 Å². The monoisotopic (exact) mass is 1630 g/mol. The predicted molar refractivity (Wildman–Crippen MR) is 435 cm³/mol. The lowest BCUT2D eigenvalue weighted by molar-refractivity contribution is 0.211. The van der Waals surface area contributed by atoms with Gasteiger partial charge in [-0.3, -0.25) is 19.6 Å². The highest BCUT2D eigenvalue weighted by atomic mass is 35.5. The summed E-state index contributed by atoms with van der Waals surface area (Å²) in [5.74, 6) is -10.5. The van der Waals surface area contributed by atoms with Crippen molar-refractivity contribution in [3.8, 4) is 6.07 Å². The van der Waals surface area contributed by atoms with E-state index in [4.69, 9.17) is 54.0 Å². The van der Waals surface area contributed by atoms with Gasteiger partial charge in [0, 0.05) is 149 Å². The second-order valence-electron chi connectivity index (χ2n) is 26.3. The summed E-state index contributed by atoms with van der Waals surface area (Å²) in [7, 11) is 0. The fourth-order valence-electron chi connectivity index (χ4n) is 11.8. The number of anilines is 4. The lowest BCUT2D eigenvalue weighted by atomic mass is 10.0. The summed E-state index contributed by atoms with van der Waals surface area (Å²) in [4.78, 5) is 41.2. The van der Waals surface area contributed by atoms with Crippen LogP contribution in [0.3, 0.4) is 0 Å². The van der Waals surface area contributed by atoms with Crippen LogP contribution in [0.15, 0.2) is 122 Å². The zero-order chi connectivity index (χ0) is 102. The number of nitriles is 1. The number of nitrogens with one attached hydrogen (secondary N) is 4. The van der Waals surface area contributed by atoms with Gasteiger partial charge in [0.25, 0.3) is 0 Å². The van der Waals surface area contributed by atoms with Gasteiger partial charge in [0.1, 0.15) is 117 Å². The molecule has 0 bridgehead atoms. The third-order valence-corrected chi connectivity index (χ3v) is 22.0. The molecule has 4 aromatic carbocycles. The molecular weight excluding hydrogens is 1520 g/mol. The van der Waals surface area contributed by atoms with E-state index in [9.17, 15) is 30.7 Å². The van der Waals surface area contributed by atoms with Crippen molar-refractivity contribution in [2.75, 3.05) is 73.6 Å². The molecule has 8 aromatic heterocycles.